The van der Waals surface area contributed by atoms with Crippen LogP contribution >= 0.6 is 46.7 Å². The van der Waals surface area contributed by atoms with Gasteiger partial charge in [0.25, 0.3) is 0 Å². The summed E-state index contributed by atoms with van der Waals surface area (Å²) in [6, 6.07) is 10.4. The van der Waals surface area contributed by atoms with E-state index in [1.807, 2.05) is 6.07 Å². The Morgan fingerprint density at radius 1 is 1.20 bits per heavy atom. The number of thiazole rings is 1. The molecule has 0 unspecified atom stereocenters. The Morgan fingerprint density at radius 2 is 2.08 bits per heavy atom. The Hall–Kier alpha value is -1.19. The van der Waals surface area contributed by atoms with Gasteiger partial charge in [-0.3, -0.25) is 0 Å². The van der Waals surface area contributed by atoms with E-state index in [1.54, 1.807) is 22.7 Å². The van der Waals surface area contributed by atoms with Gasteiger partial charge in [-0.05, 0) is 47.9 Å². The van der Waals surface area contributed by atoms with Crippen LogP contribution in [0.5, 0.6) is 0 Å². The summed E-state index contributed by atoms with van der Waals surface area (Å²) in [5.41, 5.74) is 2.36. The van der Waals surface area contributed by atoms with Gasteiger partial charge in [-0.1, -0.05) is 12.1 Å². The van der Waals surface area contributed by atoms with E-state index < -0.39 is 0 Å². The average molecular weight is 486 g/mol. The topological polar surface area (TPSA) is 49.3 Å². The monoisotopic (exact) mass is 486 g/mol. The van der Waals surface area contributed by atoms with E-state index in [0.717, 1.165) is 44.0 Å². The summed E-state index contributed by atoms with van der Waals surface area (Å²) in [4.78, 5) is 9.31. The highest BCUT2D eigenvalue weighted by Crippen LogP contribution is 2.22. The molecule has 2 aromatic heterocycles. The fourth-order valence-electron chi connectivity index (χ4n) is 2.37. The minimum atomic E-state index is 0. The predicted molar refractivity (Wildman–Crippen MR) is 120 cm³/mol. The predicted octanol–water partition coefficient (Wildman–Crippen LogP) is 4.66. The summed E-state index contributed by atoms with van der Waals surface area (Å²) in [6.07, 6.45) is 2.04. The Morgan fingerprint density at radius 3 is 2.84 bits per heavy atom. The van der Waals surface area contributed by atoms with Crippen LogP contribution in [-0.2, 0) is 13.0 Å². The highest BCUT2D eigenvalue weighted by Gasteiger charge is 2.03. The lowest BCUT2D eigenvalue weighted by Crippen LogP contribution is -2.37. The van der Waals surface area contributed by atoms with Crippen LogP contribution in [0.25, 0.3) is 10.2 Å². The molecule has 2 N–H and O–H groups in total. The first-order valence-electron chi connectivity index (χ1n) is 8.23. The van der Waals surface area contributed by atoms with Gasteiger partial charge in [-0.25, -0.2) is 9.98 Å². The molecule has 0 saturated carbocycles. The third kappa shape index (κ3) is 6.23. The van der Waals surface area contributed by atoms with Crippen molar-refractivity contribution < 1.29 is 0 Å². The van der Waals surface area contributed by atoms with Crippen molar-refractivity contribution in [3.8, 4) is 0 Å². The Kier molecular flexibility index (Phi) is 8.63. The molecule has 3 aromatic rings. The van der Waals surface area contributed by atoms with Crippen molar-refractivity contribution in [2.75, 3.05) is 13.1 Å². The van der Waals surface area contributed by atoms with Crippen molar-refractivity contribution in [3.63, 3.8) is 0 Å². The van der Waals surface area contributed by atoms with Crippen molar-refractivity contribution in [2.45, 2.75) is 26.3 Å². The molecule has 0 amide bonds. The zero-order valence-electron chi connectivity index (χ0n) is 14.2. The average Bonchev–Trinajstić information content (AvgIpc) is 3.25. The number of nitrogens with one attached hydrogen (secondary N) is 2. The number of aromatic nitrogens is 1. The van der Waals surface area contributed by atoms with Crippen molar-refractivity contribution in [1.29, 1.82) is 0 Å². The minimum Gasteiger partial charge on any atom is -0.357 e. The lowest BCUT2D eigenvalue weighted by atomic mass is 10.3. The van der Waals surface area contributed by atoms with Crippen LogP contribution in [0.3, 0.4) is 0 Å². The number of para-hydroxylation sites is 1. The molecule has 0 spiro atoms. The second kappa shape index (κ2) is 10.7. The molecule has 0 fully saturated rings. The maximum Gasteiger partial charge on any atom is 0.191 e. The van der Waals surface area contributed by atoms with Crippen molar-refractivity contribution in [3.05, 3.63) is 51.7 Å². The first-order chi connectivity index (χ1) is 11.8. The van der Waals surface area contributed by atoms with Gasteiger partial charge in [0.15, 0.2) is 5.96 Å². The lowest BCUT2D eigenvalue weighted by molar-refractivity contribution is 0.742. The van der Waals surface area contributed by atoms with Crippen molar-refractivity contribution >= 4 is 62.8 Å². The number of guanidine groups is 1. The molecule has 0 atom stereocenters. The molecule has 0 saturated heterocycles. The molecule has 134 valence electrons. The fourth-order valence-corrected chi connectivity index (χ4v) is 4.04. The Labute approximate surface area is 173 Å². The van der Waals surface area contributed by atoms with E-state index in [4.69, 9.17) is 0 Å². The van der Waals surface area contributed by atoms with Gasteiger partial charge in [0, 0.05) is 19.5 Å². The lowest BCUT2D eigenvalue weighted by Gasteiger charge is -2.10. The molecular weight excluding hydrogens is 463 g/mol. The van der Waals surface area contributed by atoms with Gasteiger partial charge < -0.3 is 10.6 Å². The number of benzene rings is 1. The number of aryl methyl sites for hydroxylation is 1. The maximum atomic E-state index is 4.68. The zero-order valence-corrected chi connectivity index (χ0v) is 18.2. The number of nitrogens with zero attached hydrogens (tertiary/aromatic N) is 2. The van der Waals surface area contributed by atoms with E-state index in [2.05, 4.69) is 62.6 Å². The van der Waals surface area contributed by atoms with Gasteiger partial charge >= 0.3 is 0 Å². The second-order valence-electron chi connectivity index (χ2n) is 5.43. The van der Waals surface area contributed by atoms with Gasteiger partial charge in [-0.2, -0.15) is 11.3 Å². The standard InChI is InChI=1S/C18H22N4S2.HI/c1-2-19-18(21-12-14-9-11-23-13-14)20-10-5-8-17-22-15-6-3-4-7-16(15)24-17;/h3-4,6-7,9,11,13H,2,5,8,10,12H2,1H3,(H2,19,20,21);1H. The number of aliphatic imine (C=N–C) groups is 1. The van der Waals surface area contributed by atoms with Crippen LogP contribution in [-0.4, -0.2) is 24.0 Å². The molecule has 1 aromatic carbocycles. The van der Waals surface area contributed by atoms with E-state index >= 15 is 0 Å². The maximum absolute atomic E-state index is 4.68. The molecule has 0 aliphatic rings. The van der Waals surface area contributed by atoms with E-state index in [1.165, 1.54) is 15.3 Å². The SMILES string of the molecule is CCNC(=NCc1ccsc1)NCCCc1nc2ccccc2s1.I. The normalized spacial score (nSPS) is 11.3. The first kappa shape index (κ1) is 20.1. The van der Waals surface area contributed by atoms with Crippen LogP contribution in [0, 0.1) is 0 Å². The molecule has 4 nitrogen and oxygen atoms in total. The van der Waals surface area contributed by atoms with E-state index in [0.29, 0.717) is 0 Å². The smallest absolute Gasteiger partial charge is 0.191 e. The van der Waals surface area contributed by atoms with Gasteiger partial charge in [-0.15, -0.1) is 35.3 Å². The molecule has 2 heterocycles. The first-order valence-corrected chi connectivity index (χ1v) is 9.99. The summed E-state index contributed by atoms with van der Waals surface area (Å²) in [5.74, 6) is 0.882. The number of fused-ring (bicyclic) bond motifs is 1. The van der Waals surface area contributed by atoms with Crippen LogP contribution in [0.1, 0.15) is 23.9 Å². The van der Waals surface area contributed by atoms with Crippen molar-refractivity contribution in [2.24, 2.45) is 4.99 Å². The number of hydrogen-bond acceptors (Lipinski definition) is 4. The molecule has 0 aliphatic carbocycles. The molecule has 3 rings (SSSR count). The van der Waals surface area contributed by atoms with Crippen molar-refractivity contribution in [1.82, 2.24) is 15.6 Å². The van der Waals surface area contributed by atoms with Gasteiger partial charge in [0.05, 0.1) is 21.8 Å². The highest BCUT2D eigenvalue weighted by molar-refractivity contribution is 14.0. The summed E-state index contributed by atoms with van der Waals surface area (Å²) in [6.45, 7) is 4.57. The quantitative estimate of drug-likeness (QED) is 0.221. The Balaban J connectivity index is 0.00000225. The summed E-state index contributed by atoms with van der Waals surface area (Å²) >= 11 is 3.50. The number of hydrogen-bond donors (Lipinski definition) is 2. The van der Waals surface area contributed by atoms with Crippen LogP contribution < -0.4 is 10.6 Å². The van der Waals surface area contributed by atoms with Crippen LogP contribution in [0.4, 0.5) is 0 Å². The Bertz CT molecular complexity index is 750. The fraction of sp³-hybridized carbons (Fsp3) is 0.333. The highest BCUT2D eigenvalue weighted by atomic mass is 127. The third-order valence-electron chi connectivity index (χ3n) is 3.54. The van der Waals surface area contributed by atoms with Crippen LogP contribution in [0.2, 0.25) is 0 Å². The molecule has 0 bridgehead atoms. The summed E-state index contributed by atoms with van der Waals surface area (Å²) in [7, 11) is 0. The van der Waals surface area contributed by atoms with Crippen LogP contribution in [0.15, 0.2) is 46.1 Å². The van der Waals surface area contributed by atoms with E-state index in [9.17, 15) is 0 Å². The molecule has 0 radical (unpaired) electrons. The van der Waals surface area contributed by atoms with E-state index in [-0.39, 0.29) is 24.0 Å². The third-order valence-corrected chi connectivity index (χ3v) is 5.37. The zero-order chi connectivity index (χ0) is 16.6. The number of halogens is 1. The molecular formula is C18H23IN4S2. The largest absolute Gasteiger partial charge is 0.357 e. The number of rotatable bonds is 7. The van der Waals surface area contributed by atoms with Gasteiger partial charge in [0.2, 0.25) is 0 Å². The molecule has 7 heteroatoms. The van der Waals surface area contributed by atoms with Gasteiger partial charge in [0.1, 0.15) is 0 Å². The summed E-state index contributed by atoms with van der Waals surface area (Å²) in [5, 5.41) is 12.1. The minimum absolute atomic E-state index is 0. The summed E-state index contributed by atoms with van der Waals surface area (Å²) < 4.78 is 1.27. The second-order valence-corrected chi connectivity index (χ2v) is 7.33. The number of thiophene rings is 1. The molecule has 25 heavy (non-hydrogen) atoms. The molecule has 0 aliphatic heterocycles.